The standard InChI is InChI=1S/C13H6Cl2N2O3/c14-9-1-3-11(15)13(6-9)20-10-2-4-12(17(18)19)8(5-10)7-16/h1-6H. The number of nitro benzene ring substituents is 1. The zero-order valence-corrected chi connectivity index (χ0v) is 11.4. The number of nitro groups is 1. The molecule has 7 heteroatoms. The second-order valence-electron chi connectivity index (χ2n) is 3.72. The molecular weight excluding hydrogens is 303 g/mol. The van der Waals surface area contributed by atoms with Gasteiger partial charge >= 0.3 is 0 Å². The number of halogens is 2. The Hall–Kier alpha value is -2.29. The molecule has 0 atom stereocenters. The van der Waals surface area contributed by atoms with Crippen LogP contribution in [0.3, 0.4) is 0 Å². The van der Waals surface area contributed by atoms with Crippen molar-refractivity contribution in [1.29, 1.82) is 5.26 Å². The minimum Gasteiger partial charge on any atom is -0.456 e. The summed E-state index contributed by atoms with van der Waals surface area (Å²) in [6.45, 7) is 0. The molecule has 0 unspecified atom stereocenters. The van der Waals surface area contributed by atoms with E-state index in [0.717, 1.165) is 0 Å². The summed E-state index contributed by atoms with van der Waals surface area (Å²) < 4.78 is 5.48. The molecule has 20 heavy (non-hydrogen) atoms. The normalized spacial score (nSPS) is 9.85. The second-order valence-corrected chi connectivity index (χ2v) is 4.57. The van der Waals surface area contributed by atoms with Crippen molar-refractivity contribution < 1.29 is 9.66 Å². The van der Waals surface area contributed by atoms with Crippen molar-refractivity contribution >= 4 is 28.9 Å². The van der Waals surface area contributed by atoms with Crippen molar-refractivity contribution in [2.45, 2.75) is 0 Å². The van der Waals surface area contributed by atoms with E-state index in [1.54, 1.807) is 18.2 Å². The molecule has 0 aliphatic rings. The first-order chi connectivity index (χ1) is 9.51. The lowest BCUT2D eigenvalue weighted by molar-refractivity contribution is -0.385. The molecule has 0 N–H and O–H groups in total. The molecule has 0 bridgehead atoms. The highest BCUT2D eigenvalue weighted by Crippen LogP contribution is 2.33. The molecule has 5 nitrogen and oxygen atoms in total. The summed E-state index contributed by atoms with van der Waals surface area (Å²) in [4.78, 5) is 10.1. The molecule has 0 heterocycles. The van der Waals surface area contributed by atoms with Crippen LogP contribution in [0.4, 0.5) is 5.69 Å². The number of rotatable bonds is 3. The van der Waals surface area contributed by atoms with Gasteiger partial charge in [0.2, 0.25) is 0 Å². The Morgan fingerprint density at radius 3 is 2.60 bits per heavy atom. The van der Waals surface area contributed by atoms with E-state index in [2.05, 4.69) is 0 Å². The van der Waals surface area contributed by atoms with Gasteiger partial charge in [-0.15, -0.1) is 0 Å². The van der Waals surface area contributed by atoms with E-state index in [-0.39, 0.29) is 17.0 Å². The first-order valence-corrected chi connectivity index (χ1v) is 6.08. The maximum Gasteiger partial charge on any atom is 0.287 e. The number of nitrogens with zero attached hydrogens (tertiary/aromatic N) is 2. The quantitative estimate of drug-likeness (QED) is 0.615. The summed E-state index contributed by atoms with van der Waals surface area (Å²) in [5.74, 6) is 0.563. The molecule has 0 aliphatic heterocycles. The number of nitriles is 1. The SMILES string of the molecule is N#Cc1cc(Oc2cc(Cl)ccc2Cl)ccc1[N+](=O)[O-]. The van der Waals surface area contributed by atoms with Gasteiger partial charge < -0.3 is 4.74 Å². The first kappa shape index (κ1) is 14.1. The highest BCUT2D eigenvalue weighted by Gasteiger charge is 2.15. The molecule has 0 saturated heterocycles. The van der Waals surface area contributed by atoms with Gasteiger partial charge in [0, 0.05) is 23.2 Å². The molecule has 0 amide bonds. The molecule has 100 valence electrons. The van der Waals surface area contributed by atoms with Crippen molar-refractivity contribution in [3.8, 4) is 17.6 Å². The monoisotopic (exact) mass is 308 g/mol. The summed E-state index contributed by atoms with van der Waals surface area (Å²) in [7, 11) is 0. The van der Waals surface area contributed by atoms with Crippen LogP contribution in [0.2, 0.25) is 10.0 Å². The van der Waals surface area contributed by atoms with Gasteiger partial charge in [-0.25, -0.2) is 0 Å². The van der Waals surface area contributed by atoms with Gasteiger partial charge in [0.05, 0.1) is 9.95 Å². The maximum atomic E-state index is 10.7. The minimum atomic E-state index is -0.630. The van der Waals surface area contributed by atoms with Crippen molar-refractivity contribution in [3.63, 3.8) is 0 Å². The van der Waals surface area contributed by atoms with E-state index in [4.69, 9.17) is 33.2 Å². The minimum absolute atomic E-state index is 0.0920. The van der Waals surface area contributed by atoms with Gasteiger partial charge in [-0.2, -0.15) is 5.26 Å². The molecular formula is C13H6Cl2N2O3. The van der Waals surface area contributed by atoms with Gasteiger partial charge in [0.25, 0.3) is 5.69 Å². The molecule has 2 aromatic carbocycles. The predicted octanol–water partition coefficient (Wildman–Crippen LogP) is 4.57. The van der Waals surface area contributed by atoms with E-state index in [0.29, 0.717) is 15.8 Å². The van der Waals surface area contributed by atoms with E-state index in [1.807, 2.05) is 0 Å². The van der Waals surface area contributed by atoms with E-state index < -0.39 is 4.92 Å². The molecule has 2 rings (SSSR count). The Kier molecular flexibility index (Phi) is 4.08. The van der Waals surface area contributed by atoms with Gasteiger partial charge in [-0.1, -0.05) is 23.2 Å². The van der Waals surface area contributed by atoms with Crippen molar-refractivity contribution in [3.05, 3.63) is 62.1 Å². The van der Waals surface area contributed by atoms with Gasteiger partial charge in [0.1, 0.15) is 23.1 Å². The fourth-order valence-corrected chi connectivity index (χ4v) is 1.83. The number of hydrogen-bond donors (Lipinski definition) is 0. The Morgan fingerprint density at radius 1 is 1.20 bits per heavy atom. The zero-order chi connectivity index (χ0) is 14.7. The van der Waals surface area contributed by atoms with Gasteiger partial charge in [0.15, 0.2) is 0 Å². The largest absolute Gasteiger partial charge is 0.456 e. The van der Waals surface area contributed by atoms with Crippen molar-refractivity contribution in [1.82, 2.24) is 0 Å². The Balaban J connectivity index is 2.38. The lowest BCUT2D eigenvalue weighted by atomic mass is 10.2. The van der Waals surface area contributed by atoms with Crippen LogP contribution in [0.5, 0.6) is 11.5 Å². The average Bonchev–Trinajstić information content (AvgIpc) is 2.42. The van der Waals surface area contributed by atoms with E-state index >= 15 is 0 Å². The summed E-state index contributed by atoms with van der Waals surface area (Å²) in [5.41, 5.74) is -0.373. The first-order valence-electron chi connectivity index (χ1n) is 5.32. The summed E-state index contributed by atoms with van der Waals surface area (Å²) >= 11 is 11.8. The van der Waals surface area contributed by atoms with E-state index in [1.165, 1.54) is 24.3 Å². The molecule has 0 spiro atoms. The van der Waals surface area contributed by atoms with Crippen LogP contribution in [0.15, 0.2) is 36.4 Å². The Labute approximate surface area is 124 Å². The van der Waals surface area contributed by atoms with Gasteiger partial charge in [-0.05, 0) is 18.2 Å². The lowest BCUT2D eigenvalue weighted by Crippen LogP contribution is -1.93. The van der Waals surface area contributed by atoms with Crippen LogP contribution in [0, 0.1) is 21.4 Å². The number of benzene rings is 2. The van der Waals surface area contributed by atoms with Crippen LogP contribution in [0.25, 0.3) is 0 Å². The second kappa shape index (κ2) is 5.78. The predicted molar refractivity (Wildman–Crippen MR) is 74.3 cm³/mol. The third-order valence-corrected chi connectivity index (χ3v) is 2.95. The fourth-order valence-electron chi connectivity index (χ4n) is 1.51. The fraction of sp³-hybridized carbons (Fsp3) is 0. The maximum absolute atomic E-state index is 10.7. The topological polar surface area (TPSA) is 76.2 Å². The lowest BCUT2D eigenvalue weighted by Gasteiger charge is -2.08. The van der Waals surface area contributed by atoms with Gasteiger partial charge in [-0.3, -0.25) is 10.1 Å². The molecule has 0 fully saturated rings. The molecule has 0 radical (unpaired) electrons. The highest BCUT2D eigenvalue weighted by atomic mass is 35.5. The number of ether oxygens (including phenoxy) is 1. The third kappa shape index (κ3) is 2.99. The summed E-state index contributed by atoms with van der Waals surface area (Å²) in [6, 6.07) is 10.3. The summed E-state index contributed by atoms with van der Waals surface area (Å²) in [5, 5.41) is 20.4. The summed E-state index contributed by atoms with van der Waals surface area (Å²) in [6.07, 6.45) is 0. The molecule has 0 aromatic heterocycles. The highest BCUT2D eigenvalue weighted by molar-refractivity contribution is 6.34. The van der Waals surface area contributed by atoms with Crippen molar-refractivity contribution in [2.24, 2.45) is 0 Å². The third-order valence-electron chi connectivity index (χ3n) is 2.41. The average molecular weight is 309 g/mol. The molecule has 0 saturated carbocycles. The van der Waals surface area contributed by atoms with Crippen LogP contribution in [0.1, 0.15) is 5.56 Å². The zero-order valence-electron chi connectivity index (χ0n) is 9.84. The smallest absolute Gasteiger partial charge is 0.287 e. The Bertz CT molecular complexity index is 726. The van der Waals surface area contributed by atoms with E-state index in [9.17, 15) is 10.1 Å². The van der Waals surface area contributed by atoms with Crippen LogP contribution >= 0.6 is 23.2 Å². The number of hydrogen-bond acceptors (Lipinski definition) is 4. The molecule has 0 aliphatic carbocycles. The van der Waals surface area contributed by atoms with Crippen LogP contribution in [-0.4, -0.2) is 4.92 Å². The van der Waals surface area contributed by atoms with Crippen LogP contribution in [-0.2, 0) is 0 Å². The Morgan fingerprint density at radius 2 is 1.95 bits per heavy atom. The van der Waals surface area contributed by atoms with Crippen LogP contribution < -0.4 is 4.74 Å². The molecule has 2 aromatic rings. The van der Waals surface area contributed by atoms with Crippen molar-refractivity contribution in [2.75, 3.05) is 0 Å².